The van der Waals surface area contributed by atoms with E-state index < -0.39 is 5.97 Å². The number of aromatic nitrogens is 2. The normalized spacial score (nSPS) is 22.0. The summed E-state index contributed by atoms with van der Waals surface area (Å²) in [6.45, 7) is 4.01. The predicted molar refractivity (Wildman–Crippen MR) is 89.4 cm³/mol. The number of hydrogen-bond donors (Lipinski definition) is 2. The topological polar surface area (TPSA) is 92.2 Å². The van der Waals surface area contributed by atoms with E-state index in [0.717, 1.165) is 37.1 Å². The molecule has 2 rings (SSSR count). The van der Waals surface area contributed by atoms with Crippen molar-refractivity contribution < 1.29 is 14.7 Å². The minimum absolute atomic E-state index is 0.00586. The van der Waals surface area contributed by atoms with Gasteiger partial charge in [-0.1, -0.05) is 31.6 Å². The molecule has 2 unspecified atom stereocenters. The number of carbonyl (C=O) groups excluding carboxylic acids is 1. The lowest BCUT2D eigenvalue weighted by Gasteiger charge is -2.16. The number of carboxylic acids is 1. The Morgan fingerprint density at radius 2 is 2.13 bits per heavy atom. The lowest BCUT2D eigenvalue weighted by Crippen LogP contribution is -2.21. The highest BCUT2D eigenvalue weighted by molar-refractivity contribution is 7.15. The van der Waals surface area contributed by atoms with Crippen molar-refractivity contribution in [2.75, 3.05) is 5.32 Å². The lowest BCUT2D eigenvalue weighted by atomic mass is 9.89. The molecule has 1 saturated carbocycles. The molecule has 1 aromatic heterocycles. The Morgan fingerprint density at radius 3 is 2.74 bits per heavy atom. The van der Waals surface area contributed by atoms with Crippen LogP contribution in [0.3, 0.4) is 0 Å². The number of amides is 1. The Bertz CT molecular complexity index is 546. The molecule has 1 amide bonds. The molecule has 0 radical (unpaired) electrons. The Balaban J connectivity index is 1.84. The van der Waals surface area contributed by atoms with Crippen molar-refractivity contribution in [2.45, 2.75) is 58.8 Å². The number of carbonyl (C=O) groups is 2. The summed E-state index contributed by atoms with van der Waals surface area (Å²) in [7, 11) is 0. The Morgan fingerprint density at radius 1 is 1.35 bits per heavy atom. The molecule has 0 bridgehead atoms. The maximum absolute atomic E-state index is 12.3. The zero-order valence-electron chi connectivity index (χ0n) is 13.7. The Kier molecular flexibility index (Phi) is 6.50. The first-order chi connectivity index (χ1) is 11.0. The first-order valence-corrected chi connectivity index (χ1v) is 9.21. The minimum Gasteiger partial charge on any atom is -0.481 e. The molecule has 3 atom stereocenters. The van der Waals surface area contributed by atoms with Crippen LogP contribution in [-0.4, -0.2) is 27.2 Å². The van der Waals surface area contributed by atoms with Crippen LogP contribution in [0.15, 0.2) is 0 Å². The van der Waals surface area contributed by atoms with Gasteiger partial charge in [-0.25, -0.2) is 0 Å². The molecule has 1 aliphatic carbocycles. The first-order valence-electron chi connectivity index (χ1n) is 8.39. The molecular weight excluding hydrogens is 314 g/mol. The molecular formula is C16H25N3O3S. The number of nitrogens with zero attached hydrogens (tertiary/aromatic N) is 2. The van der Waals surface area contributed by atoms with Gasteiger partial charge in [0.1, 0.15) is 5.01 Å². The largest absolute Gasteiger partial charge is 0.481 e. The van der Waals surface area contributed by atoms with Crippen LogP contribution in [0, 0.1) is 17.8 Å². The average Bonchev–Trinajstić information content (AvgIpc) is 3.15. The van der Waals surface area contributed by atoms with E-state index in [9.17, 15) is 14.7 Å². The van der Waals surface area contributed by atoms with E-state index in [4.69, 9.17) is 0 Å². The quantitative estimate of drug-likeness (QED) is 0.758. The smallest absolute Gasteiger partial charge is 0.306 e. The van der Waals surface area contributed by atoms with Crippen molar-refractivity contribution >= 4 is 28.3 Å². The molecule has 0 saturated heterocycles. The third-order valence-electron chi connectivity index (χ3n) is 4.52. The second kappa shape index (κ2) is 8.38. The summed E-state index contributed by atoms with van der Waals surface area (Å²) in [5.74, 6) is -0.694. The number of aliphatic carboxylic acids is 1. The average molecular weight is 339 g/mol. The second-order valence-corrected chi connectivity index (χ2v) is 7.34. The molecule has 1 aliphatic rings. The van der Waals surface area contributed by atoms with Crippen molar-refractivity contribution in [3.63, 3.8) is 0 Å². The number of rotatable bonds is 8. The summed E-state index contributed by atoms with van der Waals surface area (Å²) < 4.78 is 0. The van der Waals surface area contributed by atoms with Crippen LogP contribution >= 0.6 is 11.3 Å². The van der Waals surface area contributed by atoms with Crippen LogP contribution in [0.2, 0.25) is 0 Å². The summed E-state index contributed by atoms with van der Waals surface area (Å²) >= 11 is 1.41. The van der Waals surface area contributed by atoms with Crippen LogP contribution < -0.4 is 5.32 Å². The third kappa shape index (κ3) is 4.99. The van der Waals surface area contributed by atoms with Gasteiger partial charge in [0.05, 0.1) is 5.92 Å². The van der Waals surface area contributed by atoms with Gasteiger partial charge in [0, 0.05) is 5.92 Å². The number of anilines is 1. The van der Waals surface area contributed by atoms with Crippen LogP contribution in [-0.2, 0) is 16.0 Å². The maximum atomic E-state index is 12.3. The van der Waals surface area contributed by atoms with Gasteiger partial charge in [0.15, 0.2) is 0 Å². The molecule has 6 nitrogen and oxygen atoms in total. The monoisotopic (exact) mass is 339 g/mol. The highest BCUT2D eigenvalue weighted by atomic mass is 32.1. The third-order valence-corrected chi connectivity index (χ3v) is 5.50. The Hall–Kier alpha value is -1.50. The zero-order chi connectivity index (χ0) is 16.8. The molecule has 1 aromatic rings. The summed E-state index contributed by atoms with van der Waals surface area (Å²) in [4.78, 5) is 23.6. The van der Waals surface area contributed by atoms with Crippen molar-refractivity contribution in [1.82, 2.24) is 10.2 Å². The fourth-order valence-electron chi connectivity index (χ4n) is 3.27. The Labute approximate surface area is 140 Å². The summed E-state index contributed by atoms with van der Waals surface area (Å²) in [6, 6.07) is 0. The minimum atomic E-state index is -0.708. The highest BCUT2D eigenvalue weighted by Gasteiger charge is 2.33. The maximum Gasteiger partial charge on any atom is 0.306 e. The number of aryl methyl sites for hydroxylation is 1. The molecule has 1 fully saturated rings. The van der Waals surface area contributed by atoms with Gasteiger partial charge in [0.2, 0.25) is 11.0 Å². The van der Waals surface area contributed by atoms with Crippen molar-refractivity contribution in [3.05, 3.63) is 5.01 Å². The fourth-order valence-corrected chi connectivity index (χ4v) is 3.96. The fraction of sp³-hybridized carbons (Fsp3) is 0.750. The summed E-state index contributed by atoms with van der Waals surface area (Å²) in [6.07, 6.45) is 5.63. The van der Waals surface area contributed by atoms with Crippen LogP contribution in [0.5, 0.6) is 0 Å². The molecule has 0 aliphatic heterocycles. The number of carboxylic acid groups (broad SMARTS) is 1. The van der Waals surface area contributed by atoms with Gasteiger partial charge in [-0.3, -0.25) is 9.59 Å². The van der Waals surface area contributed by atoms with Crippen molar-refractivity contribution in [1.29, 1.82) is 0 Å². The van der Waals surface area contributed by atoms with Crippen LogP contribution in [0.25, 0.3) is 0 Å². The van der Waals surface area contributed by atoms with Gasteiger partial charge in [0.25, 0.3) is 0 Å². The zero-order valence-corrected chi connectivity index (χ0v) is 14.6. The predicted octanol–water partition coefficient (Wildman–Crippen LogP) is 3.35. The van der Waals surface area contributed by atoms with E-state index in [-0.39, 0.29) is 17.7 Å². The van der Waals surface area contributed by atoms with Crippen LogP contribution in [0.4, 0.5) is 5.13 Å². The van der Waals surface area contributed by atoms with Gasteiger partial charge in [-0.05, 0) is 44.4 Å². The van der Waals surface area contributed by atoms with E-state index in [0.29, 0.717) is 23.9 Å². The number of hydrogen-bond acceptors (Lipinski definition) is 5. The number of nitrogens with one attached hydrogen (secondary N) is 1. The van der Waals surface area contributed by atoms with E-state index in [1.165, 1.54) is 11.3 Å². The highest BCUT2D eigenvalue weighted by Crippen LogP contribution is 2.36. The molecule has 0 aromatic carbocycles. The molecule has 0 spiro atoms. The van der Waals surface area contributed by atoms with E-state index in [1.807, 2.05) is 13.8 Å². The van der Waals surface area contributed by atoms with E-state index >= 15 is 0 Å². The summed E-state index contributed by atoms with van der Waals surface area (Å²) in [5, 5.41) is 21.6. The molecule has 1 heterocycles. The van der Waals surface area contributed by atoms with Crippen LogP contribution in [0.1, 0.15) is 57.4 Å². The first kappa shape index (κ1) is 17.8. The van der Waals surface area contributed by atoms with Gasteiger partial charge in [-0.2, -0.15) is 0 Å². The molecule has 23 heavy (non-hydrogen) atoms. The van der Waals surface area contributed by atoms with Gasteiger partial charge >= 0.3 is 5.97 Å². The standard InChI is InChI=1S/C16H25N3O3S/c1-3-5-12(15(21)22)9-10-6-7-11(8-10)14(20)17-16-19-18-13(4-2)23-16/h10-12H,3-9H2,1-2H3,(H,21,22)(H,17,19,20)/t10?,11?,12-/m0/s1. The van der Waals surface area contributed by atoms with Gasteiger partial charge < -0.3 is 10.4 Å². The molecule has 7 heteroatoms. The molecule has 2 N–H and O–H groups in total. The van der Waals surface area contributed by atoms with Gasteiger partial charge in [-0.15, -0.1) is 10.2 Å². The van der Waals surface area contributed by atoms with E-state index in [2.05, 4.69) is 15.5 Å². The molecule has 128 valence electrons. The van der Waals surface area contributed by atoms with Crippen molar-refractivity contribution in [3.8, 4) is 0 Å². The lowest BCUT2D eigenvalue weighted by molar-refractivity contribution is -0.142. The van der Waals surface area contributed by atoms with Crippen molar-refractivity contribution in [2.24, 2.45) is 17.8 Å². The van der Waals surface area contributed by atoms with E-state index in [1.54, 1.807) is 0 Å². The SMILES string of the molecule is CCC[C@@H](CC1CCC(C(=O)Nc2nnc(CC)s2)C1)C(=O)O. The second-order valence-electron chi connectivity index (χ2n) is 6.28. The summed E-state index contributed by atoms with van der Waals surface area (Å²) in [5.41, 5.74) is 0.